The smallest absolute Gasteiger partial charge is 0.244 e. The average Bonchev–Trinajstić information content (AvgIpc) is 2.60. The zero-order valence-electron chi connectivity index (χ0n) is 13.4. The molecule has 2 amide bonds. The van der Waals surface area contributed by atoms with Crippen LogP contribution in [0.1, 0.15) is 11.1 Å². The average molecular weight is 321 g/mol. The summed E-state index contributed by atoms with van der Waals surface area (Å²) in [6, 6.07) is 15.8. The number of anilines is 2. The van der Waals surface area contributed by atoms with Crippen LogP contribution >= 0.6 is 0 Å². The summed E-state index contributed by atoms with van der Waals surface area (Å²) in [4.78, 5) is 28.4. The summed E-state index contributed by atoms with van der Waals surface area (Å²) < 4.78 is 0. The predicted molar refractivity (Wildman–Crippen MR) is 92.8 cm³/mol. The van der Waals surface area contributed by atoms with Crippen LogP contribution in [-0.4, -0.2) is 36.3 Å². The van der Waals surface area contributed by atoms with Gasteiger partial charge in [0.25, 0.3) is 0 Å². The molecule has 0 saturated heterocycles. The molecule has 0 bridgehead atoms. The Morgan fingerprint density at radius 1 is 1.00 bits per heavy atom. The molecule has 2 heterocycles. The van der Waals surface area contributed by atoms with Gasteiger partial charge in [0.2, 0.25) is 11.8 Å². The highest BCUT2D eigenvalue weighted by Gasteiger charge is 2.28. The lowest BCUT2D eigenvalue weighted by atomic mass is 10.00. The molecule has 4 rings (SSSR count). The van der Waals surface area contributed by atoms with E-state index in [9.17, 15) is 9.59 Å². The second-order valence-corrected chi connectivity index (χ2v) is 6.27. The summed E-state index contributed by atoms with van der Waals surface area (Å²) in [5, 5.41) is 2.81. The standard InChI is InChI=1S/C19H19N3O2/c23-18-12-22(17-8-4-3-7-16(17)20-18)19(24)13-21-10-9-14-5-1-2-6-15(14)11-21/h1-8H,9-13H2,(H,20,23). The van der Waals surface area contributed by atoms with E-state index in [0.29, 0.717) is 12.2 Å². The van der Waals surface area contributed by atoms with Crippen molar-refractivity contribution in [3.05, 3.63) is 59.7 Å². The maximum absolute atomic E-state index is 12.8. The van der Waals surface area contributed by atoms with Gasteiger partial charge in [-0.2, -0.15) is 0 Å². The minimum absolute atomic E-state index is 0.0309. The van der Waals surface area contributed by atoms with E-state index in [-0.39, 0.29) is 18.4 Å². The first kappa shape index (κ1) is 14.9. The maximum Gasteiger partial charge on any atom is 0.244 e. The normalized spacial score (nSPS) is 17.0. The van der Waals surface area contributed by atoms with Gasteiger partial charge in [-0.3, -0.25) is 19.4 Å². The van der Waals surface area contributed by atoms with E-state index in [1.165, 1.54) is 11.1 Å². The fraction of sp³-hybridized carbons (Fsp3) is 0.263. The first-order chi connectivity index (χ1) is 11.7. The summed E-state index contributed by atoms with van der Waals surface area (Å²) >= 11 is 0. The van der Waals surface area contributed by atoms with Crippen LogP contribution in [0.4, 0.5) is 11.4 Å². The Kier molecular flexibility index (Phi) is 3.78. The van der Waals surface area contributed by atoms with E-state index < -0.39 is 0 Å². The molecule has 0 aromatic heterocycles. The minimum Gasteiger partial charge on any atom is -0.323 e. The van der Waals surface area contributed by atoms with E-state index in [1.807, 2.05) is 30.3 Å². The highest BCUT2D eigenvalue weighted by Crippen LogP contribution is 2.29. The van der Waals surface area contributed by atoms with Crippen molar-refractivity contribution in [3.8, 4) is 0 Å². The maximum atomic E-state index is 12.8. The Morgan fingerprint density at radius 3 is 2.62 bits per heavy atom. The summed E-state index contributed by atoms with van der Waals surface area (Å²) in [7, 11) is 0. The van der Waals surface area contributed by atoms with Crippen molar-refractivity contribution in [2.75, 3.05) is 29.9 Å². The van der Waals surface area contributed by atoms with Crippen molar-refractivity contribution in [2.24, 2.45) is 0 Å². The third kappa shape index (κ3) is 2.78. The highest BCUT2D eigenvalue weighted by atomic mass is 16.2. The Balaban J connectivity index is 1.50. The Hall–Kier alpha value is -2.66. The van der Waals surface area contributed by atoms with Gasteiger partial charge in [-0.1, -0.05) is 36.4 Å². The third-order valence-corrected chi connectivity index (χ3v) is 4.64. The summed E-state index contributed by atoms with van der Waals surface area (Å²) in [6.45, 7) is 2.06. The first-order valence-electron chi connectivity index (χ1n) is 8.19. The number of nitrogens with zero attached hydrogens (tertiary/aromatic N) is 2. The molecule has 0 aliphatic carbocycles. The number of carbonyl (C=O) groups excluding carboxylic acids is 2. The summed E-state index contributed by atoms with van der Waals surface area (Å²) in [5.74, 6) is -0.178. The van der Waals surface area contributed by atoms with Gasteiger partial charge in [0.15, 0.2) is 0 Å². The second-order valence-electron chi connectivity index (χ2n) is 6.27. The van der Waals surface area contributed by atoms with E-state index in [4.69, 9.17) is 0 Å². The fourth-order valence-electron chi connectivity index (χ4n) is 3.42. The number of carbonyl (C=O) groups is 2. The van der Waals surface area contributed by atoms with Gasteiger partial charge in [-0.15, -0.1) is 0 Å². The quantitative estimate of drug-likeness (QED) is 0.921. The van der Waals surface area contributed by atoms with Crippen LogP contribution in [0.2, 0.25) is 0 Å². The molecule has 0 unspecified atom stereocenters. The van der Waals surface area contributed by atoms with Crippen molar-refractivity contribution >= 4 is 23.2 Å². The lowest BCUT2D eigenvalue weighted by molar-refractivity contribution is -0.122. The molecule has 2 aromatic rings. The van der Waals surface area contributed by atoms with Crippen LogP contribution in [-0.2, 0) is 22.6 Å². The lowest BCUT2D eigenvalue weighted by Crippen LogP contribution is -2.47. The first-order valence-corrected chi connectivity index (χ1v) is 8.19. The molecule has 0 atom stereocenters. The van der Waals surface area contributed by atoms with Gasteiger partial charge < -0.3 is 5.32 Å². The number of nitrogens with one attached hydrogen (secondary N) is 1. The van der Waals surface area contributed by atoms with Crippen LogP contribution in [0.3, 0.4) is 0 Å². The molecule has 2 aromatic carbocycles. The van der Waals surface area contributed by atoms with Gasteiger partial charge >= 0.3 is 0 Å². The largest absolute Gasteiger partial charge is 0.323 e. The number of para-hydroxylation sites is 2. The highest BCUT2D eigenvalue weighted by molar-refractivity contribution is 6.10. The number of amides is 2. The van der Waals surface area contributed by atoms with Crippen molar-refractivity contribution in [2.45, 2.75) is 13.0 Å². The topological polar surface area (TPSA) is 52.7 Å². The Morgan fingerprint density at radius 2 is 1.75 bits per heavy atom. The number of fused-ring (bicyclic) bond motifs is 2. The van der Waals surface area contributed by atoms with Gasteiger partial charge in [-0.05, 0) is 29.7 Å². The van der Waals surface area contributed by atoms with E-state index in [1.54, 1.807) is 4.90 Å². The number of hydrogen-bond acceptors (Lipinski definition) is 3. The van der Waals surface area contributed by atoms with Gasteiger partial charge in [0.1, 0.15) is 6.54 Å². The molecule has 5 heteroatoms. The second kappa shape index (κ2) is 6.09. The number of rotatable bonds is 2. The predicted octanol–water partition coefficient (Wildman–Crippen LogP) is 2.03. The van der Waals surface area contributed by atoms with Crippen molar-refractivity contribution in [3.63, 3.8) is 0 Å². The van der Waals surface area contributed by atoms with E-state index >= 15 is 0 Å². The molecular weight excluding hydrogens is 302 g/mol. The number of benzene rings is 2. The van der Waals surface area contributed by atoms with E-state index in [0.717, 1.165) is 25.2 Å². The third-order valence-electron chi connectivity index (χ3n) is 4.64. The molecule has 122 valence electrons. The monoisotopic (exact) mass is 321 g/mol. The molecule has 2 aliphatic heterocycles. The zero-order chi connectivity index (χ0) is 16.5. The molecule has 0 fully saturated rings. The van der Waals surface area contributed by atoms with Crippen molar-refractivity contribution < 1.29 is 9.59 Å². The zero-order valence-corrected chi connectivity index (χ0v) is 13.4. The Labute approximate surface area is 140 Å². The minimum atomic E-state index is -0.147. The summed E-state index contributed by atoms with van der Waals surface area (Å²) in [5.41, 5.74) is 4.13. The molecule has 0 saturated carbocycles. The van der Waals surface area contributed by atoms with E-state index in [2.05, 4.69) is 28.4 Å². The molecule has 5 nitrogen and oxygen atoms in total. The molecule has 24 heavy (non-hydrogen) atoms. The lowest BCUT2D eigenvalue weighted by Gasteiger charge is -2.33. The van der Waals surface area contributed by atoms with Crippen LogP contribution in [0.15, 0.2) is 48.5 Å². The van der Waals surface area contributed by atoms with Gasteiger partial charge in [0, 0.05) is 13.1 Å². The summed E-state index contributed by atoms with van der Waals surface area (Å²) in [6.07, 6.45) is 0.959. The van der Waals surface area contributed by atoms with Crippen LogP contribution in [0, 0.1) is 0 Å². The van der Waals surface area contributed by atoms with Gasteiger partial charge in [0.05, 0.1) is 17.9 Å². The van der Waals surface area contributed by atoms with Crippen molar-refractivity contribution in [1.82, 2.24) is 4.90 Å². The number of hydrogen-bond donors (Lipinski definition) is 1. The molecule has 2 aliphatic rings. The molecule has 0 radical (unpaired) electrons. The van der Waals surface area contributed by atoms with Crippen LogP contribution in [0.5, 0.6) is 0 Å². The van der Waals surface area contributed by atoms with Crippen LogP contribution < -0.4 is 10.2 Å². The fourth-order valence-corrected chi connectivity index (χ4v) is 3.42. The SMILES string of the molecule is O=C1CN(C(=O)CN2CCc3ccccc3C2)c2ccccc2N1. The van der Waals surface area contributed by atoms with Crippen LogP contribution in [0.25, 0.3) is 0 Å². The molecule has 0 spiro atoms. The van der Waals surface area contributed by atoms with Crippen molar-refractivity contribution in [1.29, 1.82) is 0 Å². The Bertz CT molecular complexity index is 803. The molecule has 1 N–H and O–H groups in total. The molecular formula is C19H19N3O2. The van der Waals surface area contributed by atoms with Gasteiger partial charge in [-0.25, -0.2) is 0 Å².